The van der Waals surface area contributed by atoms with E-state index in [0.717, 1.165) is 65.4 Å². The predicted molar refractivity (Wildman–Crippen MR) is 128 cm³/mol. The van der Waals surface area contributed by atoms with E-state index in [0.29, 0.717) is 5.92 Å². The van der Waals surface area contributed by atoms with Crippen molar-refractivity contribution in [3.05, 3.63) is 77.3 Å². The van der Waals surface area contributed by atoms with Crippen LogP contribution in [0.4, 0.5) is 0 Å². The van der Waals surface area contributed by atoms with Gasteiger partial charge in [-0.1, -0.05) is 29.7 Å². The molecule has 4 aromatic rings. The van der Waals surface area contributed by atoms with Crippen molar-refractivity contribution in [1.82, 2.24) is 24.6 Å². The molecule has 160 valence electrons. The van der Waals surface area contributed by atoms with Crippen molar-refractivity contribution in [2.45, 2.75) is 19.4 Å². The number of piperidine rings is 1. The fourth-order valence-corrected chi connectivity index (χ4v) is 4.38. The number of likely N-dealkylation sites (tertiary alicyclic amines) is 1. The Bertz CT molecular complexity index is 1310. The summed E-state index contributed by atoms with van der Waals surface area (Å²) in [5, 5.41) is 6.06. The lowest BCUT2D eigenvalue weighted by Gasteiger charge is -2.29. The van der Waals surface area contributed by atoms with Crippen LogP contribution in [-0.2, 0) is 13.6 Å². The SMILES string of the molecule is Cn1cc(-c2cc3ncccc3c(C#CC3CCN(Cc4cccc(Cl)c4)CC3)n2)cn1. The maximum Gasteiger partial charge on any atom is 0.123 e. The van der Waals surface area contributed by atoms with Gasteiger partial charge in [0.05, 0.1) is 17.4 Å². The molecule has 1 fully saturated rings. The minimum Gasteiger partial charge on any atom is -0.299 e. The van der Waals surface area contributed by atoms with E-state index in [1.54, 1.807) is 4.68 Å². The van der Waals surface area contributed by atoms with Gasteiger partial charge >= 0.3 is 0 Å². The van der Waals surface area contributed by atoms with Crippen LogP contribution in [0.25, 0.3) is 22.2 Å². The Hall–Kier alpha value is -3.20. The summed E-state index contributed by atoms with van der Waals surface area (Å²) in [5.41, 5.74) is 4.78. The molecule has 32 heavy (non-hydrogen) atoms. The minimum absolute atomic E-state index is 0.376. The molecule has 1 aliphatic rings. The number of aryl methyl sites for hydroxylation is 1. The predicted octanol–water partition coefficient (Wildman–Crippen LogP) is 4.95. The maximum atomic E-state index is 6.13. The molecule has 0 atom stereocenters. The summed E-state index contributed by atoms with van der Waals surface area (Å²) in [4.78, 5) is 11.9. The fraction of sp³-hybridized carbons (Fsp3) is 0.269. The number of hydrogen-bond acceptors (Lipinski definition) is 4. The van der Waals surface area contributed by atoms with Crippen LogP contribution in [0.2, 0.25) is 5.02 Å². The van der Waals surface area contributed by atoms with E-state index in [9.17, 15) is 0 Å². The average Bonchev–Trinajstić information content (AvgIpc) is 3.24. The van der Waals surface area contributed by atoms with Gasteiger partial charge in [-0.25, -0.2) is 4.98 Å². The maximum absolute atomic E-state index is 6.13. The smallest absolute Gasteiger partial charge is 0.123 e. The summed E-state index contributed by atoms with van der Waals surface area (Å²) >= 11 is 6.13. The fourth-order valence-electron chi connectivity index (χ4n) is 4.17. The molecule has 4 heterocycles. The first-order valence-electron chi connectivity index (χ1n) is 10.9. The van der Waals surface area contributed by atoms with E-state index < -0.39 is 0 Å². The Morgan fingerprint density at radius 2 is 2.00 bits per heavy atom. The van der Waals surface area contributed by atoms with Gasteiger partial charge in [0.15, 0.2) is 0 Å². The quantitative estimate of drug-likeness (QED) is 0.422. The van der Waals surface area contributed by atoms with Gasteiger partial charge in [-0.15, -0.1) is 0 Å². The standard InChI is InChI=1S/C26H24ClN5/c1-31-18-21(16-29-31)25-15-26-23(6-3-11-28-26)24(30-25)8-7-19-9-12-32(13-10-19)17-20-4-2-5-22(27)14-20/h2-6,11,14-16,18-19H,9-10,12-13,17H2,1H3. The summed E-state index contributed by atoms with van der Waals surface area (Å²) in [7, 11) is 1.91. The molecule has 1 saturated heterocycles. The van der Waals surface area contributed by atoms with Crippen molar-refractivity contribution < 1.29 is 0 Å². The van der Waals surface area contributed by atoms with Crippen molar-refractivity contribution in [1.29, 1.82) is 0 Å². The molecule has 0 saturated carbocycles. The van der Waals surface area contributed by atoms with Gasteiger partial charge in [-0.05, 0) is 67.7 Å². The molecule has 0 unspecified atom stereocenters. The second-order valence-corrected chi connectivity index (χ2v) is 8.71. The summed E-state index contributed by atoms with van der Waals surface area (Å²) in [6.07, 6.45) is 7.72. The average molecular weight is 442 g/mol. The van der Waals surface area contributed by atoms with E-state index >= 15 is 0 Å². The third-order valence-electron chi connectivity index (χ3n) is 5.88. The van der Waals surface area contributed by atoms with E-state index in [1.807, 2.05) is 62.0 Å². The third kappa shape index (κ3) is 4.67. The van der Waals surface area contributed by atoms with Gasteiger partial charge in [0, 0.05) is 47.9 Å². The Labute approximate surface area is 193 Å². The lowest BCUT2D eigenvalue weighted by atomic mass is 9.96. The highest BCUT2D eigenvalue weighted by atomic mass is 35.5. The van der Waals surface area contributed by atoms with Crippen LogP contribution in [0.5, 0.6) is 0 Å². The van der Waals surface area contributed by atoms with Crippen LogP contribution in [0.1, 0.15) is 24.1 Å². The Morgan fingerprint density at radius 3 is 2.78 bits per heavy atom. The number of rotatable bonds is 3. The van der Waals surface area contributed by atoms with E-state index in [2.05, 4.69) is 32.9 Å². The van der Waals surface area contributed by atoms with Crippen LogP contribution < -0.4 is 0 Å². The summed E-state index contributed by atoms with van der Waals surface area (Å²) in [6.45, 7) is 3.01. The number of benzene rings is 1. The first-order valence-corrected chi connectivity index (χ1v) is 11.2. The molecular weight excluding hydrogens is 418 g/mol. The lowest BCUT2D eigenvalue weighted by molar-refractivity contribution is 0.199. The van der Waals surface area contributed by atoms with E-state index in [1.165, 1.54) is 5.56 Å². The van der Waals surface area contributed by atoms with Crippen LogP contribution >= 0.6 is 11.6 Å². The Balaban J connectivity index is 1.33. The van der Waals surface area contributed by atoms with Crippen molar-refractivity contribution in [2.75, 3.05) is 13.1 Å². The number of halogens is 1. The zero-order valence-corrected chi connectivity index (χ0v) is 18.8. The molecular formula is C26H24ClN5. The molecule has 5 nitrogen and oxygen atoms in total. The van der Waals surface area contributed by atoms with Crippen LogP contribution in [0, 0.1) is 17.8 Å². The molecule has 1 aliphatic heterocycles. The molecule has 6 heteroatoms. The lowest BCUT2D eigenvalue weighted by Crippen LogP contribution is -2.32. The van der Waals surface area contributed by atoms with Gasteiger partial charge < -0.3 is 0 Å². The highest BCUT2D eigenvalue weighted by molar-refractivity contribution is 6.30. The van der Waals surface area contributed by atoms with Crippen LogP contribution in [0.15, 0.2) is 61.1 Å². The summed E-state index contributed by atoms with van der Waals surface area (Å²) < 4.78 is 1.78. The van der Waals surface area contributed by atoms with Crippen molar-refractivity contribution in [3.8, 4) is 23.1 Å². The van der Waals surface area contributed by atoms with E-state index in [4.69, 9.17) is 16.6 Å². The second-order valence-electron chi connectivity index (χ2n) is 8.28. The van der Waals surface area contributed by atoms with E-state index in [-0.39, 0.29) is 0 Å². The summed E-state index contributed by atoms with van der Waals surface area (Å²) in [6, 6.07) is 14.1. The monoisotopic (exact) mass is 441 g/mol. The topological polar surface area (TPSA) is 46.8 Å². The van der Waals surface area contributed by atoms with Gasteiger partial charge in [0.25, 0.3) is 0 Å². The largest absolute Gasteiger partial charge is 0.299 e. The highest BCUT2D eigenvalue weighted by Gasteiger charge is 2.18. The Kier molecular flexibility index (Phi) is 5.89. The number of aromatic nitrogens is 4. The molecule has 3 aromatic heterocycles. The zero-order valence-electron chi connectivity index (χ0n) is 18.0. The zero-order chi connectivity index (χ0) is 21.9. The van der Waals surface area contributed by atoms with Crippen molar-refractivity contribution in [3.63, 3.8) is 0 Å². The molecule has 0 bridgehead atoms. The Morgan fingerprint density at radius 1 is 1.12 bits per heavy atom. The molecule has 0 radical (unpaired) electrons. The number of pyridine rings is 2. The second kappa shape index (κ2) is 9.12. The first kappa shape index (κ1) is 20.7. The molecule has 0 N–H and O–H groups in total. The number of fused-ring (bicyclic) bond motifs is 1. The molecule has 5 rings (SSSR count). The van der Waals surface area contributed by atoms with Crippen molar-refractivity contribution in [2.24, 2.45) is 13.0 Å². The minimum atomic E-state index is 0.376. The molecule has 0 aliphatic carbocycles. The van der Waals surface area contributed by atoms with Crippen molar-refractivity contribution >= 4 is 22.5 Å². The third-order valence-corrected chi connectivity index (χ3v) is 6.11. The van der Waals surface area contributed by atoms with Gasteiger partial charge in [0.2, 0.25) is 0 Å². The normalized spacial score (nSPS) is 14.9. The van der Waals surface area contributed by atoms with Crippen LogP contribution in [-0.4, -0.2) is 37.7 Å². The van der Waals surface area contributed by atoms with Gasteiger partial charge in [-0.2, -0.15) is 5.10 Å². The summed E-state index contributed by atoms with van der Waals surface area (Å²) in [5.74, 6) is 7.26. The molecule has 1 aromatic carbocycles. The number of nitrogens with zero attached hydrogens (tertiary/aromatic N) is 5. The molecule has 0 spiro atoms. The first-order chi connectivity index (χ1) is 15.6. The number of hydrogen-bond donors (Lipinski definition) is 0. The van der Waals surface area contributed by atoms with Gasteiger partial charge in [-0.3, -0.25) is 14.6 Å². The molecule has 0 amide bonds. The van der Waals surface area contributed by atoms with Gasteiger partial charge in [0.1, 0.15) is 5.69 Å². The highest BCUT2D eigenvalue weighted by Crippen LogP contribution is 2.24. The van der Waals surface area contributed by atoms with Crippen LogP contribution in [0.3, 0.4) is 0 Å².